The summed E-state index contributed by atoms with van der Waals surface area (Å²) < 4.78 is 26.3. The Morgan fingerprint density at radius 1 is 0.750 bits per heavy atom. The number of rotatable bonds is 3. The van der Waals surface area contributed by atoms with Crippen molar-refractivity contribution in [1.82, 2.24) is 0 Å². The third-order valence-corrected chi connectivity index (χ3v) is 4.67. The maximum absolute atomic E-state index is 11.9. The first-order valence-electron chi connectivity index (χ1n) is 7.43. The summed E-state index contributed by atoms with van der Waals surface area (Å²) in [7, 11) is -3.46. The van der Waals surface area contributed by atoms with E-state index in [-0.39, 0.29) is 4.90 Å². The van der Waals surface area contributed by atoms with E-state index in [0.717, 1.165) is 11.3 Å². The lowest BCUT2D eigenvalue weighted by atomic mass is 10.2. The number of nitrogens with one attached hydrogen (secondary N) is 1. The van der Waals surface area contributed by atoms with Crippen molar-refractivity contribution < 1.29 is 8.42 Å². The van der Waals surface area contributed by atoms with Gasteiger partial charge >= 0.3 is 0 Å². The van der Waals surface area contributed by atoms with Crippen LogP contribution in [0.3, 0.4) is 0 Å². The van der Waals surface area contributed by atoms with Crippen LogP contribution in [-0.2, 0) is 10.0 Å². The SMILES string of the molecule is Cc1ccccc1N.O=S(=O)(Nc1ccccc1)c1ccccc1. The zero-order valence-electron chi connectivity index (χ0n) is 13.4. The molecule has 3 aromatic rings. The zero-order chi connectivity index (χ0) is 17.4. The first-order valence-corrected chi connectivity index (χ1v) is 8.91. The summed E-state index contributed by atoms with van der Waals surface area (Å²) in [6.45, 7) is 2.00. The Balaban J connectivity index is 0.000000219. The van der Waals surface area contributed by atoms with Crippen LogP contribution in [0.4, 0.5) is 11.4 Å². The Bertz CT molecular complexity index is 843. The molecule has 3 rings (SSSR count). The van der Waals surface area contributed by atoms with Crippen LogP contribution in [0.15, 0.2) is 89.8 Å². The first-order chi connectivity index (χ1) is 11.5. The predicted molar refractivity (Wildman–Crippen MR) is 99.3 cm³/mol. The minimum atomic E-state index is -3.46. The van der Waals surface area contributed by atoms with Crippen molar-refractivity contribution in [2.75, 3.05) is 10.5 Å². The van der Waals surface area contributed by atoms with Gasteiger partial charge in [-0.15, -0.1) is 0 Å². The molecule has 0 radical (unpaired) electrons. The minimum Gasteiger partial charge on any atom is -0.399 e. The van der Waals surface area contributed by atoms with Crippen molar-refractivity contribution in [2.24, 2.45) is 0 Å². The Morgan fingerprint density at radius 3 is 1.75 bits per heavy atom. The molecule has 0 aromatic heterocycles. The second-order valence-electron chi connectivity index (χ2n) is 5.14. The molecular weight excluding hydrogens is 320 g/mol. The molecular formula is C19H20N2O2S. The van der Waals surface area contributed by atoms with Crippen molar-refractivity contribution in [3.05, 3.63) is 90.5 Å². The second-order valence-corrected chi connectivity index (χ2v) is 6.82. The van der Waals surface area contributed by atoms with Crippen molar-refractivity contribution in [2.45, 2.75) is 11.8 Å². The molecule has 0 aliphatic carbocycles. The minimum absolute atomic E-state index is 0.263. The highest BCUT2D eigenvalue weighted by molar-refractivity contribution is 7.92. The van der Waals surface area contributed by atoms with Gasteiger partial charge in [0, 0.05) is 11.4 Å². The van der Waals surface area contributed by atoms with Gasteiger partial charge in [0.25, 0.3) is 10.0 Å². The highest BCUT2D eigenvalue weighted by Gasteiger charge is 2.12. The fourth-order valence-corrected chi connectivity index (χ4v) is 2.99. The summed E-state index contributed by atoms with van der Waals surface area (Å²) in [5.41, 5.74) is 8.10. The van der Waals surface area contributed by atoms with E-state index in [1.165, 1.54) is 0 Å². The standard InChI is InChI=1S/C12H11NO2S.C7H9N/c14-16(15,12-9-5-2-6-10-12)13-11-7-3-1-4-8-11;1-6-4-2-3-5-7(6)8/h1-10,13H;2-5H,8H2,1H3. The van der Waals surface area contributed by atoms with Crippen molar-refractivity contribution in [3.63, 3.8) is 0 Å². The van der Waals surface area contributed by atoms with Gasteiger partial charge in [-0.1, -0.05) is 54.6 Å². The Kier molecular flexibility index (Phi) is 5.98. The van der Waals surface area contributed by atoms with Gasteiger partial charge in [-0.05, 0) is 42.8 Å². The largest absolute Gasteiger partial charge is 0.399 e. The number of benzene rings is 3. The van der Waals surface area contributed by atoms with Gasteiger partial charge < -0.3 is 5.73 Å². The highest BCUT2D eigenvalue weighted by Crippen LogP contribution is 2.14. The highest BCUT2D eigenvalue weighted by atomic mass is 32.2. The van der Waals surface area contributed by atoms with Crippen LogP contribution in [0.25, 0.3) is 0 Å². The van der Waals surface area contributed by atoms with E-state index in [9.17, 15) is 8.42 Å². The number of aryl methyl sites for hydroxylation is 1. The molecule has 0 amide bonds. The Morgan fingerprint density at radius 2 is 1.25 bits per heavy atom. The molecule has 24 heavy (non-hydrogen) atoms. The summed E-state index contributed by atoms with van der Waals surface area (Å²) in [4.78, 5) is 0.263. The first kappa shape index (κ1) is 17.6. The average molecular weight is 340 g/mol. The third kappa shape index (κ3) is 5.14. The lowest BCUT2D eigenvalue weighted by molar-refractivity contribution is 0.601. The van der Waals surface area contributed by atoms with E-state index >= 15 is 0 Å². The molecule has 0 aliphatic heterocycles. The van der Waals surface area contributed by atoms with Crippen LogP contribution in [0.2, 0.25) is 0 Å². The van der Waals surface area contributed by atoms with Gasteiger partial charge in [-0.2, -0.15) is 0 Å². The molecule has 0 bridgehead atoms. The lowest BCUT2D eigenvalue weighted by Crippen LogP contribution is -2.12. The maximum Gasteiger partial charge on any atom is 0.261 e. The molecule has 3 N–H and O–H groups in total. The van der Waals surface area contributed by atoms with Crippen LogP contribution in [-0.4, -0.2) is 8.42 Å². The van der Waals surface area contributed by atoms with Gasteiger partial charge in [0.05, 0.1) is 4.90 Å². The third-order valence-electron chi connectivity index (χ3n) is 3.27. The molecule has 0 unspecified atom stereocenters. The van der Waals surface area contributed by atoms with Crippen LogP contribution >= 0.6 is 0 Å². The maximum atomic E-state index is 11.9. The molecule has 0 fully saturated rings. The Labute approximate surface area is 143 Å². The van der Waals surface area contributed by atoms with Crippen molar-refractivity contribution in [3.8, 4) is 0 Å². The molecule has 3 aromatic carbocycles. The summed E-state index contributed by atoms with van der Waals surface area (Å²) >= 11 is 0. The zero-order valence-corrected chi connectivity index (χ0v) is 14.2. The number of sulfonamides is 1. The van der Waals surface area contributed by atoms with E-state index in [1.807, 2.05) is 37.3 Å². The topological polar surface area (TPSA) is 72.2 Å². The molecule has 0 saturated carbocycles. The number of para-hydroxylation sites is 2. The van der Waals surface area contributed by atoms with Crippen LogP contribution in [0.1, 0.15) is 5.56 Å². The smallest absolute Gasteiger partial charge is 0.261 e. The van der Waals surface area contributed by atoms with Crippen molar-refractivity contribution in [1.29, 1.82) is 0 Å². The number of nitrogen functional groups attached to an aromatic ring is 1. The summed E-state index contributed by atoms with van der Waals surface area (Å²) in [6, 6.07) is 24.9. The molecule has 5 heteroatoms. The molecule has 124 valence electrons. The molecule has 0 spiro atoms. The van der Waals surface area contributed by atoms with Gasteiger partial charge in [0.1, 0.15) is 0 Å². The van der Waals surface area contributed by atoms with E-state index in [4.69, 9.17) is 5.73 Å². The number of nitrogens with two attached hydrogens (primary N) is 1. The predicted octanol–water partition coefficient (Wildman–Crippen LogP) is 4.06. The van der Waals surface area contributed by atoms with Gasteiger partial charge in [0.15, 0.2) is 0 Å². The molecule has 0 saturated heterocycles. The molecule has 4 nitrogen and oxygen atoms in total. The number of hydrogen-bond acceptors (Lipinski definition) is 3. The van der Waals surface area contributed by atoms with E-state index in [1.54, 1.807) is 54.6 Å². The molecule has 0 heterocycles. The van der Waals surface area contributed by atoms with E-state index in [2.05, 4.69) is 4.72 Å². The van der Waals surface area contributed by atoms with Crippen LogP contribution in [0.5, 0.6) is 0 Å². The summed E-state index contributed by atoms with van der Waals surface area (Å²) in [5.74, 6) is 0. The molecule has 0 aliphatic rings. The number of anilines is 2. The fraction of sp³-hybridized carbons (Fsp3) is 0.0526. The van der Waals surface area contributed by atoms with Crippen LogP contribution < -0.4 is 10.5 Å². The second kappa shape index (κ2) is 8.17. The van der Waals surface area contributed by atoms with Crippen molar-refractivity contribution >= 4 is 21.4 Å². The van der Waals surface area contributed by atoms with E-state index in [0.29, 0.717) is 5.69 Å². The average Bonchev–Trinajstić information content (AvgIpc) is 2.59. The monoisotopic (exact) mass is 340 g/mol. The normalized spacial score (nSPS) is 10.4. The Hall–Kier alpha value is -2.79. The van der Waals surface area contributed by atoms with Gasteiger partial charge in [-0.3, -0.25) is 4.72 Å². The van der Waals surface area contributed by atoms with Gasteiger partial charge in [-0.25, -0.2) is 8.42 Å². The van der Waals surface area contributed by atoms with Gasteiger partial charge in [0.2, 0.25) is 0 Å². The quantitative estimate of drug-likeness (QED) is 0.706. The lowest BCUT2D eigenvalue weighted by Gasteiger charge is -2.07. The number of hydrogen-bond donors (Lipinski definition) is 2. The fourth-order valence-electron chi connectivity index (χ4n) is 1.91. The van der Waals surface area contributed by atoms with Crippen LogP contribution in [0, 0.1) is 6.92 Å². The van der Waals surface area contributed by atoms with E-state index < -0.39 is 10.0 Å². The molecule has 0 atom stereocenters. The summed E-state index contributed by atoms with van der Waals surface area (Å²) in [6.07, 6.45) is 0. The summed E-state index contributed by atoms with van der Waals surface area (Å²) in [5, 5.41) is 0.